The number of halogens is 2. The molecular formula is C11H11Cl2NO. The van der Waals surface area contributed by atoms with Crippen LogP contribution in [0, 0.1) is 5.92 Å². The molecule has 1 aliphatic carbocycles. The Morgan fingerprint density at radius 3 is 3.00 bits per heavy atom. The lowest BCUT2D eigenvalue weighted by Gasteiger charge is -2.22. The summed E-state index contributed by atoms with van der Waals surface area (Å²) in [5, 5.41) is 1.17. The third-order valence-corrected chi connectivity index (χ3v) is 3.92. The van der Waals surface area contributed by atoms with E-state index in [1.54, 1.807) is 6.07 Å². The highest BCUT2D eigenvalue weighted by Gasteiger charge is 2.57. The molecule has 0 radical (unpaired) electrons. The minimum absolute atomic E-state index is 0.215. The van der Waals surface area contributed by atoms with Gasteiger partial charge in [-0.3, -0.25) is 0 Å². The van der Waals surface area contributed by atoms with Crippen molar-refractivity contribution in [2.24, 2.45) is 5.92 Å². The maximum absolute atomic E-state index is 5.99. The zero-order valence-corrected chi connectivity index (χ0v) is 9.68. The highest BCUT2D eigenvalue weighted by atomic mass is 35.5. The summed E-state index contributed by atoms with van der Waals surface area (Å²) in [6.45, 7) is 1.67. The Labute approximate surface area is 98.5 Å². The Morgan fingerprint density at radius 2 is 2.27 bits per heavy atom. The molecule has 2 atom stereocenters. The van der Waals surface area contributed by atoms with Gasteiger partial charge >= 0.3 is 0 Å². The second-order valence-electron chi connectivity index (χ2n) is 4.38. The average Bonchev–Trinajstić information content (AvgIpc) is 2.91. The molecule has 2 heterocycles. The van der Waals surface area contributed by atoms with Crippen LogP contribution < -0.4 is 0 Å². The monoisotopic (exact) mass is 243 g/mol. The molecule has 2 unspecified atom stereocenters. The van der Waals surface area contributed by atoms with Gasteiger partial charge in [-0.1, -0.05) is 23.2 Å². The first-order valence-electron chi connectivity index (χ1n) is 5.12. The Balaban J connectivity index is 1.99. The number of nitrogens with zero attached hydrogens (tertiary/aromatic N) is 1. The van der Waals surface area contributed by atoms with Gasteiger partial charge in [-0.25, -0.2) is 4.98 Å². The summed E-state index contributed by atoms with van der Waals surface area (Å²) in [6, 6.07) is 3.62. The molecule has 3 rings (SSSR count). The predicted molar refractivity (Wildman–Crippen MR) is 59.5 cm³/mol. The molecule has 1 aromatic rings. The molecule has 0 bridgehead atoms. The van der Waals surface area contributed by atoms with E-state index in [-0.39, 0.29) is 5.41 Å². The van der Waals surface area contributed by atoms with Crippen LogP contribution in [0.15, 0.2) is 12.1 Å². The van der Waals surface area contributed by atoms with E-state index in [2.05, 4.69) is 4.98 Å². The summed E-state index contributed by atoms with van der Waals surface area (Å²) in [5.41, 5.74) is 1.26. The van der Waals surface area contributed by atoms with E-state index in [1.165, 1.54) is 0 Å². The lowest BCUT2D eigenvalue weighted by molar-refractivity contribution is 0.0794. The van der Waals surface area contributed by atoms with E-state index in [1.807, 2.05) is 6.07 Å². The number of pyridine rings is 1. The Morgan fingerprint density at radius 1 is 1.40 bits per heavy atom. The van der Waals surface area contributed by atoms with Crippen LogP contribution in [0.5, 0.6) is 0 Å². The van der Waals surface area contributed by atoms with Gasteiger partial charge in [0, 0.05) is 17.0 Å². The van der Waals surface area contributed by atoms with Gasteiger partial charge in [0.2, 0.25) is 0 Å². The first-order valence-corrected chi connectivity index (χ1v) is 5.88. The van der Waals surface area contributed by atoms with E-state index in [9.17, 15) is 0 Å². The maximum atomic E-state index is 5.99. The van der Waals surface area contributed by atoms with E-state index >= 15 is 0 Å². The van der Waals surface area contributed by atoms with Crippen molar-refractivity contribution in [1.82, 2.24) is 4.98 Å². The summed E-state index contributed by atoms with van der Waals surface area (Å²) in [4.78, 5) is 4.40. The minimum atomic E-state index is 0.215. The van der Waals surface area contributed by atoms with Crippen LogP contribution in [0.1, 0.15) is 18.5 Å². The van der Waals surface area contributed by atoms with E-state index in [0.717, 1.165) is 31.7 Å². The molecular weight excluding hydrogens is 233 g/mol. The summed E-state index contributed by atoms with van der Waals surface area (Å²) in [6.07, 6.45) is 2.21. The van der Waals surface area contributed by atoms with Crippen LogP contribution >= 0.6 is 23.2 Å². The molecule has 1 aliphatic heterocycles. The molecule has 1 saturated carbocycles. The van der Waals surface area contributed by atoms with Crippen molar-refractivity contribution in [2.45, 2.75) is 18.3 Å². The van der Waals surface area contributed by atoms with Gasteiger partial charge in [-0.2, -0.15) is 0 Å². The van der Waals surface area contributed by atoms with Crippen LogP contribution in [0.2, 0.25) is 10.2 Å². The summed E-state index contributed by atoms with van der Waals surface area (Å²) < 4.78 is 5.44. The summed E-state index contributed by atoms with van der Waals surface area (Å²) in [5.74, 6) is 0.619. The number of ether oxygens (including phenoxy) is 1. The fraction of sp³-hybridized carbons (Fsp3) is 0.545. The first-order chi connectivity index (χ1) is 7.21. The van der Waals surface area contributed by atoms with Gasteiger partial charge in [0.05, 0.1) is 12.3 Å². The smallest absolute Gasteiger partial charge is 0.130 e. The van der Waals surface area contributed by atoms with Gasteiger partial charge in [-0.15, -0.1) is 0 Å². The SMILES string of the molecule is Clc1cc(Cl)nc(C23CCOCC2C3)c1. The number of fused-ring (bicyclic) bond motifs is 1. The fourth-order valence-electron chi connectivity index (χ4n) is 2.55. The molecule has 4 heteroatoms. The number of aromatic nitrogens is 1. The van der Waals surface area contributed by atoms with Crippen molar-refractivity contribution in [3.05, 3.63) is 28.0 Å². The van der Waals surface area contributed by atoms with Crippen molar-refractivity contribution in [3.8, 4) is 0 Å². The number of rotatable bonds is 1. The average molecular weight is 244 g/mol. The number of hydrogen-bond acceptors (Lipinski definition) is 2. The Kier molecular flexibility index (Phi) is 2.20. The zero-order valence-electron chi connectivity index (χ0n) is 8.17. The minimum Gasteiger partial charge on any atom is -0.381 e. The van der Waals surface area contributed by atoms with Crippen molar-refractivity contribution in [2.75, 3.05) is 13.2 Å². The van der Waals surface area contributed by atoms with Crippen LogP contribution in [0.4, 0.5) is 0 Å². The zero-order chi connectivity index (χ0) is 10.5. The molecule has 2 fully saturated rings. The lowest BCUT2D eigenvalue weighted by Crippen LogP contribution is -2.22. The van der Waals surface area contributed by atoms with Crippen LogP contribution in [0.3, 0.4) is 0 Å². The molecule has 15 heavy (non-hydrogen) atoms. The quantitative estimate of drug-likeness (QED) is 0.708. The Bertz CT molecular complexity index is 389. The van der Waals surface area contributed by atoms with Crippen molar-refractivity contribution in [1.29, 1.82) is 0 Å². The molecule has 2 nitrogen and oxygen atoms in total. The standard InChI is InChI=1S/C11H11Cl2NO/c12-8-3-9(14-10(13)4-8)11-1-2-15-6-7(11)5-11/h3-4,7H,1-2,5-6H2. The predicted octanol–water partition coefficient (Wildman–Crippen LogP) is 3.07. The van der Waals surface area contributed by atoms with Gasteiger partial charge in [0.1, 0.15) is 5.15 Å². The fourth-order valence-corrected chi connectivity index (χ4v) is 3.02. The topological polar surface area (TPSA) is 22.1 Å². The largest absolute Gasteiger partial charge is 0.381 e. The molecule has 0 aromatic carbocycles. The van der Waals surface area contributed by atoms with Crippen molar-refractivity contribution in [3.63, 3.8) is 0 Å². The van der Waals surface area contributed by atoms with Gasteiger partial charge in [0.25, 0.3) is 0 Å². The van der Waals surface area contributed by atoms with E-state index in [0.29, 0.717) is 16.1 Å². The molecule has 0 amide bonds. The maximum Gasteiger partial charge on any atom is 0.130 e. The van der Waals surface area contributed by atoms with E-state index < -0.39 is 0 Å². The van der Waals surface area contributed by atoms with Gasteiger partial charge in [-0.05, 0) is 30.9 Å². The summed E-state index contributed by atoms with van der Waals surface area (Å²) in [7, 11) is 0. The summed E-state index contributed by atoms with van der Waals surface area (Å²) >= 11 is 11.9. The number of hydrogen-bond donors (Lipinski definition) is 0. The van der Waals surface area contributed by atoms with E-state index in [4.69, 9.17) is 27.9 Å². The Hall–Kier alpha value is -0.310. The molecule has 80 valence electrons. The normalized spacial score (nSPS) is 33.6. The molecule has 0 N–H and O–H groups in total. The highest BCUT2D eigenvalue weighted by molar-refractivity contribution is 6.33. The van der Waals surface area contributed by atoms with Gasteiger partial charge in [0.15, 0.2) is 0 Å². The highest BCUT2D eigenvalue weighted by Crippen LogP contribution is 2.58. The first kappa shape index (κ1) is 9.88. The molecule has 2 aliphatic rings. The van der Waals surface area contributed by atoms with Crippen molar-refractivity contribution >= 4 is 23.2 Å². The molecule has 0 spiro atoms. The van der Waals surface area contributed by atoms with Gasteiger partial charge < -0.3 is 4.74 Å². The lowest BCUT2D eigenvalue weighted by atomic mass is 9.93. The third-order valence-electron chi connectivity index (χ3n) is 3.51. The van der Waals surface area contributed by atoms with Crippen LogP contribution in [-0.2, 0) is 10.2 Å². The van der Waals surface area contributed by atoms with Crippen molar-refractivity contribution < 1.29 is 4.74 Å². The molecule has 1 aromatic heterocycles. The second kappa shape index (κ2) is 3.34. The third kappa shape index (κ3) is 1.55. The van der Waals surface area contributed by atoms with Crippen LogP contribution in [0.25, 0.3) is 0 Å². The molecule has 1 saturated heterocycles. The van der Waals surface area contributed by atoms with Crippen LogP contribution in [-0.4, -0.2) is 18.2 Å². The second-order valence-corrected chi connectivity index (χ2v) is 5.20.